The van der Waals surface area contributed by atoms with E-state index in [1.54, 1.807) is 0 Å². The maximum atomic E-state index is 12.7. The lowest BCUT2D eigenvalue weighted by atomic mass is 9.75. The summed E-state index contributed by atoms with van der Waals surface area (Å²) in [5.74, 6) is 0.280. The highest BCUT2D eigenvalue weighted by molar-refractivity contribution is 5.83. The lowest BCUT2D eigenvalue weighted by Gasteiger charge is -2.38. The number of carbonyl (C=O) groups is 1. The van der Waals surface area contributed by atoms with E-state index in [9.17, 15) is 4.79 Å². The second-order valence-corrected chi connectivity index (χ2v) is 6.40. The highest BCUT2D eigenvalue weighted by Gasteiger charge is 2.39. The SMILES string of the molecule is CCCC1(C(=O)NC2CCC(N)CC2)CCCNC1. The molecule has 2 fully saturated rings. The van der Waals surface area contributed by atoms with Crippen LogP contribution >= 0.6 is 0 Å². The summed E-state index contributed by atoms with van der Waals surface area (Å²) in [6, 6.07) is 0.692. The van der Waals surface area contributed by atoms with Gasteiger partial charge in [0.15, 0.2) is 0 Å². The average molecular weight is 267 g/mol. The summed E-state index contributed by atoms with van der Waals surface area (Å²) in [4.78, 5) is 12.7. The molecule has 110 valence electrons. The first-order chi connectivity index (χ1) is 9.16. The highest BCUT2D eigenvalue weighted by Crippen LogP contribution is 2.32. The van der Waals surface area contributed by atoms with Gasteiger partial charge in [0.2, 0.25) is 5.91 Å². The van der Waals surface area contributed by atoms with Crippen LogP contribution < -0.4 is 16.4 Å². The third-order valence-electron chi connectivity index (χ3n) is 4.79. The maximum Gasteiger partial charge on any atom is 0.227 e. The zero-order chi connectivity index (χ0) is 13.7. The minimum absolute atomic E-state index is 0.160. The molecule has 19 heavy (non-hydrogen) atoms. The van der Waals surface area contributed by atoms with Gasteiger partial charge < -0.3 is 16.4 Å². The zero-order valence-corrected chi connectivity index (χ0v) is 12.2. The Balaban J connectivity index is 1.92. The number of piperidine rings is 1. The van der Waals surface area contributed by atoms with Crippen LogP contribution in [0.15, 0.2) is 0 Å². The molecule has 1 heterocycles. The molecule has 1 aliphatic carbocycles. The highest BCUT2D eigenvalue weighted by atomic mass is 16.2. The van der Waals surface area contributed by atoms with Gasteiger partial charge in [-0.25, -0.2) is 0 Å². The third-order valence-corrected chi connectivity index (χ3v) is 4.79. The molecule has 1 saturated carbocycles. The molecule has 4 heteroatoms. The van der Waals surface area contributed by atoms with Crippen molar-refractivity contribution < 1.29 is 4.79 Å². The number of amides is 1. The van der Waals surface area contributed by atoms with Gasteiger partial charge in [-0.1, -0.05) is 13.3 Å². The van der Waals surface area contributed by atoms with Gasteiger partial charge in [-0.3, -0.25) is 4.79 Å². The standard InChI is InChI=1S/C15H29N3O/c1-2-8-15(9-3-10-17-11-15)14(19)18-13-6-4-12(16)5-7-13/h12-13,17H,2-11,16H2,1H3,(H,18,19). The largest absolute Gasteiger partial charge is 0.353 e. The Labute approximate surface area is 116 Å². The van der Waals surface area contributed by atoms with Crippen LogP contribution in [0.4, 0.5) is 0 Å². The second kappa shape index (κ2) is 6.71. The lowest BCUT2D eigenvalue weighted by molar-refractivity contribution is -0.133. The molecule has 0 aromatic rings. The Morgan fingerprint density at radius 1 is 1.37 bits per heavy atom. The number of hydrogen-bond donors (Lipinski definition) is 3. The number of nitrogens with one attached hydrogen (secondary N) is 2. The van der Waals surface area contributed by atoms with Crippen molar-refractivity contribution in [3.63, 3.8) is 0 Å². The molecule has 0 bridgehead atoms. The van der Waals surface area contributed by atoms with Crippen LogP contribution in [0.3, 0.4) is 0 Å². The smallest absolute Gasteiger partial charge is 0.227 e. The molecule has 1 amide bonds. The molecule has 1 unspecified atom stereocenters. The van der Waals surface area contributed by atoms with Gasteiger partial charge in [-0.2, -0.15) is 0 Å². The van der Waals surface area contributed by atoms with Gasteiger partial charge >= 0.3 is 0 Å². The predicted octanol–water partition coefficient (Wildman–Crippen LogP) is 1.54. The van der Waals surface area contributed by atoms with Crippen LogP contribution in [0, 0.1) is 5.41 Å². The molecular formula is C15H29N3O. The van der Waals surface area contributed by atoms with Crippen LogP contribution in [0.5, 0.6) is 0 Å². The zero-order valence-electron chi connectivity index (χ0n) is 12.2. The number of rotatable bonds is 4. The Bertz CT molecular complexity index is 286. The fourth-order valence-corrected chi connectivity index (χ4v) is 3.57. The summed E-state index contributed by atoms with van der Waals surface area (Å²) in [6.07, 6.45) is 8.40. The minimum atomic E-state index is -0.160. The Kier molecular flexibility index (Phi) is 5.22. The van der Waals surface area contributed by atoms with E-state index >= 15 is 0 Å². The topological polar surface area (TPSA) is 67.2 Å². The van der Waals surface area contributed by atoms with Gasteiger partial charge in [-0.05, 0) is 51.5 Å². The number of carbonyl (C=O) groups excluding carboxylic acids is 1. The van der Waals surface area contributed by atoms with Crippen LogP contribution in [0.2, 0.25) is 0 Å². The van der Waals surface area contributed by atoms with Crippen LogP contribution in [0.25, 0.3) is 0 Å². The first-order valence-corrected chi connectivity index (χ1v) is 7.93. The van der Waals surface area contributed by atoms with Crippen LogP contribution in [0.1, 0.15) is 58.3 Å². The molecular weight excluding hydrogens is 238 g/mol. The van der Waals surface area contributed by atoms with Crippen molar-refractivity contribution in [3.05, 3.63) is 0 Å². The van der Waals surface area contributed by atoms with E-state index in [4.69, 9.17) is 5.73 Å². The van der Waals surface area contributed by atoms with E-state index in [1.165, 1.54) is 0 Å². The van der Waals surface area contributed by atoms with Crippen molar-refractivity contribution in [2.75, 3.05) is 13.1 Å². The Morgan fingerprint density at radius 3 is 2.68 bits per heavy atom. The van der Waals surface area contributed by atoms with Gasteiger partial charge in [0.05, 0.1) is 5.41 Å². The fourth-order valence-electron chi connectivity index (χ4n) is 3.57. The average Bonchev–Trinajstić information content (AvgIpc) is 2.43. The summed E-state index contributed by atoms with van der Waals surface area (Å²) >= 11 is 0. The molecule has 2 aliphatic rings. The summed E-state index contributed by atoms with van der Waals surface area (Å²) in [6.45, 7) is 4.07. The normalized spacial score (nSPS) is 35.9. The van der Waals surface area contributed by atoms with Crippen molar-refractivity contribution in [3.8, 4) is 0 Å². The van der Waals surface area contributed by atoms with Gasteiger partial charge in [-0.15, -0.1) is 0 Å². The van der Waals surface area contributed by atoms with E-state index in [0.29, 0.717) is 12.1 Å². The lowest BCUT2D eigenvalue weighted by Crippen LogP contribution is -2.53. The molecule has 1 aliphatic heterocycles. The van der Waals surface area contributed by atoms with E-state index in [0.717, 1.165) is 64.5 Å². The van der Waals surface area contributed by atoms with E-state index in [2.05, 4.69) is 17.6 Å². The minimum Gasteiger partial charge on any atom is -0.353 e. The first kappa shape index (κ1) is 14.8. The second-order valence-electron chi connectivity index (χ2n) is 6.40. The molecule has 1 saturated heterocycles. The van der Waals surface area contributed by atoms with E-state index in [-0.39, 0.29) is 11.3 Å². The summed E-state index contributed by atoms with van der Waals surface area (Å²) in [5, 5.41) is 6.71. The van der Waals surface area contributed by atoms with Gasteiger partial charge in [0.25, 0.3) is 0 Å². The fraction of sp³-hybridized carbons (Fsp3) is 0.933. The molecule has 0 aromatic heterocycles. The molecule has 0 aromatic carbocycles. The molecule has 4 N–H and O–H groups in total. The van der Waals surface area contributed by atoms with Gasteiger partial charge in [0.1, 0.15) is 0 Å². The molecule has 0 spiro atoms. The Morgan fingerprint density at radius 2 is 2.11 bits per heavy atom. The molecule has 4 nitrogen and oxygen atoms in total. The van der Waals surface area contributed by atoms with Crippen LogP contribution in [-0.2, 0) is 4.79 Å². The third kappa shape index (κ3) is 3.69. The molecule has 0 radical (unpaired) electrons. The van der Waals surface area contributed by atoms with Gasteiger partial charge in [0, 0.05) is 18.6 Å². The number of nitrogens with two attached hydrogens (primary N) is 1. The molecule has 1 atom stereocenters. The van der Waals surface area contributed by atoms with Crippen molar-refractivity contribution >= 4 is 5.91 Å². The monoisotopic (exact) mass is 267 g/mol. The quantitative estimate of drug-likeness (QED) is 0.724. The number of hydrogen-bond acceptors (Lipinski definition) is 3. The Hall–Kier alpha value is -0.610. The summed E-state index contributed by atoms with van der Waals surface area (Å²) in [7, 11) is 0. The predicted molar refractivity (Wildman–Crippen MR) is 77.8 cm³/mol. The van der Waals surface area contributed by atoms with Crippen molar-refractivity contribution in [1.82, 2.24) is 10.6 Å². The van der Waals surface area contributed by atoms with Crippen LogP contribution in [-0.4, -0.2) is 31.1 Å². The van der Waals surface area contributed by atoms with Crippen molar-refractivity contribution in [1.29, 1.82) is 0 Å². The van der Waals surface area contributed by atoms with E-state index < -0.39 is 0 Å². The summed E-state index contributed by atoms with van der Waals surface area (Å²) in [5.41, 5.74) is 5.76. The van der Waals surface area contributed by atoms with Crippen molar-refractivity contribution in [2.45, 2.75) is 70.4 Å². The van der Waals surface area contributed by atoms with E-state index in [1.807, 2.05) is 0 Å². The van der Waals surface area contributed by atoms with Crippen molar-refractivity contribution in [2.24, 2.45) is 11.1 Å². The summed E-state index contributed by atoms with van der Waals surface area (Å²) < 4.78 is 0. The maximum absolute atomic E-state index is 12.7. The molecule has 2 rings (SSSR count). The first-order valence-electron chi connectivity index (χ1n) is 7.93.